The lowest BCUT2D eigenvalue weighted by atomic mass is 9.85. The van der Waals surface area contributed by atoms with Crippen molar-refractivity contribution in [3.05, 3.63) is 43.1 Å². The van der Waals surface area contributed by atoms with Crippen LogP contribution in [0.1, 0.15) is 87.0 Å². The lowest BCUT2D eigenvalue weighted by Gasteiger charge is -2.36. The van der Waals surface area contributed by atoms with Gasteiger partial charge in [0, 0.05) is 23.9 Å². The zero-order chi connectivity index (χ0) is 39.1. The Kier molecular flexibility index (Phi) is 10.8. The quantitative estimate of drug-likeness (QED) is 0.248. The van der Waals surface area contributed by atoms with Crippen molar-refractivity contribution in [2.75, 3.05) is 13.7 Å². The van der Waals surface area contributed by atoms with Gasteiger partial charge in [-0.3, -0.25) is 19.1 Å². The minimum atomic E-state index is -4.02. The Balaban J connectivity index is 1.44. The summed E-state index contributed by atoms with van der Waals surface area (Å²) in [6, 6.07) is 4.96. The van der Waals surface area contributed by atoms with E-state index in [9.17, 15) is 27.6 Å². The molecule has 3 N–H and O–H groups in total. The lowest BCUT2D eigenvalue weighted by molar-refractivity contribution is -0.143. The number of benzene rings is 1. The van der Waals surface area contributed by atoms with Crippen LogP contribution in [0.4, 0.5) is 4.79 Å². The molecule has 1 aromatic carbocycles. The number of nitrogens with one attached hydrogen (secondary N) is 3. The monoisotopic (exact) mass is 755 g/mol. The summed E-state index contributed by atoms with van der Waals surface area (Å²) in [5, 5.41) is 7.03. The summed E-state index contributed by atoms with van der Waals surface area (Å²) in [6.45, 7) is 16.1. The Morgan fingerprint density at radius 3 is 2.38 bits per heavy atom. The van der Waals surface area contributed by atoms with Crippen molar-refractivity contribution in [1.29, 1.82) is 0 Å². The van der Waals surface area contributed by atoms with Crippen molar-refractivity contribution >= 4 is 44.6 Å². The molecule has 3 aliphatic rings. The first-order chi connectivity index (χ1) is 24.7. The number of sulfonamides is 1. The number of ether oxygens (including phenoxy) is 3. The average molecular weight is 756 g/mol. The highest BCUT2D eigenvalue weighted by atomic mass is 32.2. The van der Waals surface area contributed by atoms with Crippen molar-refractivity contribution in [1.82, 2.24) is 25.2 Å². The number of hydrogen-bond donors (Lipinski definition) is 3. The average Bonchev–Trinajstić information content (AvgIpc) is 3.97. The number of methoxy groups -OCH3 is 1. The summed E-state index contributed by atoms with van der Waals surface area (Å²) in [6.07, 6.45) is 3.71. The first kappa shape index (κ1) is 39.8. The van der Waals surface area contributed by atoms with Gasteiger partial charge in [0.15, 0.2) is 0 Å². The molecule has 4 amide bonds. The molecular formula is C38H53N5O9S. The maximum absolute atomic E-state index is 14.5. The molecule has 14 nitrogen and oxygen atoms in total. The topological polar surface area (TPSA) is 182 Å². The van der Waals surface area contributed by atoms with Crippen LogP contribution in [0, 0.1) is 11.3 Å². The molecule has 5 unspecified atom stereocenters. The van der Waals surface area contributed by atoms with Crippen LogP contribution in [0.25, 0.3) is 10.8 Å². The Labute approximate surface area is 311 Å². The molecular weight excluding hydrogens is 703 g/mol. The highest BCUT2D eigenvalue weighted by molar-refractivity contribution is 7.91. The summed E-state index contributed by atoms with van der Waals surface area (Å²) in [4.78, 5) is 61.4. The second kappa shape index (κ2) is 14.4. The normalized spacial score (nSPS) is 24.1. The van der Waals surface area contributed by atoms with Crippen LogP contribution in [-0.4, -0.2) is 89.8 Å². The van der Waals surface area contributed by atoms with Gasteiger partial charge in [0.1, 0.15) is 35.1 Å². The predicted octanol–water partition coefficient (Wildman–Crippen LogP) is 4.37. The van der Waals surface area contributed by atoms with Crippen molar-refractivity contribution in [3.63, 3.8) is 0 Å². The van der Waals surface area contributed by atoms with E-state index < -0.39 is 79.2 Å². The van der Waals surface area contributed by atoms with Gasteiger partial charge in [-0.2, -0.15) is 0 Å². The van der Waals surface area contributed by atoms with E-state index in [-0.39, 0.29) is 19.4 Å². The summed E-state index contributed by atoms with van der Waals surface area (Å²) in [7, 11) is -2.45. The van der Waals surface area contributed by atoms with Gasteiger partial charge < -0.3 is 29.7 Å². The summed E-state index contributed by atoms with van der Waals surface area (Å²) >= 11 is 0. The number of fused-ring (bicyclic) bond motifs is 1. The van der Waals surface area contributed by atoms with Crippen molar-refractivity contribution in [2.45, 2.75) is 121 Å². The standard InChI is InChI=1S/C38H53N5O9S/c1-10-15-37(16-17-37)53(48,49)42-33(46)38(21-24(38)11-2)41-30(44)28-20-26(51-31-27-13-12-25(50-9)19-23(27)14-18-39-31)22-43(28)32(45)29(35(3,4)5)40-34(47)52-36(6,7)8/h11-14,18-19,24,26,28-29H,2,10,15-17,20-22H2,1,3-9H3,(H,40,47)(H,41,44)(H,42,46). The molecule has 15 heteroatoms. The minimum Gasteiger partial charge on any atom is -0.497 e. The van der Waals surface area contributed by atoms with E-state index >= 15 is 0 Å². The van der Waals surface area contributed by atoms with Crippen LogP contribution in [0.15, 0.2) is 43.1 Å². The van der Waals surface area contributed by atoms with Gasteiger partial charge in [-0.25, -0.2) is 18.2 Å². The molecule has 53 heavy (non-hydrogen) atoms. The van der Waals surface area contributed by atoms with Gasteiger partial charge in [0.25, 0.3) is 5.91 Å². The number of alkyl carbamates (subject to hydrolysis) is 1. The third-order valence-electron chi connectivity index (χ3n) is 10.2. The molecule has 1 aliphatic heterocycles. The van der Waals surface area contributed by atoms with Crippen LogP contribution in [0.3, 0.4) is 0 Å². The Hall–Kier alpha value is -4.40. The van der Waals surface area contributed by atoms with Gasteiger partial charge in [-0.1, -0.05) is 40.2 Å². The van der Waals surface area contributed by atoms with E-state index in [1.807, 2.05) is 25.1 Å². The van der Waals surface area contributed by atoms with Crippen molar-refractivity contribution in [3.8, 4) is 11.6 Å². The van der Waals surface area contributed by atoms with Gasteiger partial charge in [0.05, 0.1) is 18.4 Å². The molecule has 2 aliphatic carbocycles. The Morgan fingerprint density at radius 2 is 1.81 bits per heavy atom. The smallest absolute Gasteiger partial charge is 0.408 e. The second-order valence-electron chi connectivity index (χ2n) is 16.5. The van der Waals surface area contributed by atoms with Crippen LogP contribution in [0.2, 0.25) is 0 Å². The summed E-state index contributed by atoms with van der Waals surface area (Å²) in [5.41, 5.74) is -3.22. The minimum absolute atomic E-state index is 0.0173. The molecule has 2 aromatic rings. The number of hydrogen-bond acceptors (Lipinski definition) is 10. The number of likely N-dealkylation sites (tertiary alicyclic amines) is 1. The molecule has 2 saturated carbocycles. The van der Waals surface area contributed by atoms with E-state index in [0.717, 1.165) is 5.39 Å². The molecule has 0 radical (unpaired) electrons. The lowest BCUT2D eigenvalue weighted by Crippen LogP contribution is -2.60. The highest BCUT2D eigenvalue weighted by Crippen LogP contribution is 2.49. The Bertz CT molecular complexity index is 1880. The van der Waals surface area contributed by atoms with Gasteiger partial charge in [-0.15, -0.1) is 6.58 Å². The van der Waals surface area contributed by atoms with Crippen LogP contribution >= 0.6 is 0 Å². The molecule has 1 aromatic heterocycles. The van der Waals surface area contributed by atoms with E-state index in [1.165, 1.54) is 11.0 Å². The molecule has 0 bridgehead atoms. The first-order valence-corrected chi connectivity index (χ1v) is 19.6. The molecule has 5 atom stereocenters. The molecule has 1 saturated heterocycles. The SMILES string of the molecule is C=CC1CC1(NC(=O)C1CC(Oc2nccc3cc(OC)ccc23)CN1C(=O)C(NC(=O)OC(C)(C)C)C(C)(C)C)C(=O)NS(=O)(=O)C1(CCC)CC1. The molecule has 5 rings (SSSR count). The van der Waals surface area contributed by atoms with Crippen molar-refractivity contribution < 1.29 is 41.8 Å². The fraction of sp³-hybridized carbons (Fsp3) is 0.605. The number of rotatable bonds is 13. The number of pyridine rings is 1. The van der Waals surface area contributed by atoms with E-state index in [4.69, 9.17) is 14.2 Å². The number of carbonyl (C=O) groups is 4. The second-order valence-corrected chi connectivity index (χ2v) is 18.6. The van der Waals surface area contributed by atoms with Crippen LogP contribution in [-0.2, 0) is 29.1 Å². The largest absolute Gasteiger partial charge is 0.497 e. The summed E-state index contributed by atoms with van der Waals surface area (Å²) < 4.78 is 45.2. The zero-order valence-electron chi connectivity index (χ0n) is 31.9. The number of aromatic nitrogens is 1. The fourth-order valence-electron chi connectivity index (χ4n) is 7.03. The molecule has 2 heterocycles. The predicted molar refractivity (Wildman–Crippen MR) is 199 cm³/mol. The number of nitrogens with zero attached hydrogens (tertiary/aromatic N) is 2. The Morgan fingerprint density at radius 1 is 1.11 bits per heavy atom. The van der Waals surface area contributed by atoms with Crippen molar-refractivity contribution in [2.24, 2.45) is 11.3 Å². The maximum Gasteiger partial charge on any atom is 0.408 e. The van der Waals surface area contributed by atoms with Gasteiger partial charge in [0.2, 0.25) is 27.7 Å². The molecule has 3 fully saturated rings. The highest BCUT2D eigenvalue weighted by Gasteiger charge is 2.63. The van der Waals surface area contributed by atoms with E-state index in [2.05, 4.69) is 26.9 Å². The third kappa shape index (κ3) is 8.39. The third-order valence-corrected chi connectivity index (χ3v) is 12.4. The first-order valence-electron chi connectivity index (χ1n) is 18.1. The van der Waals surface area contributed by atoms with E-state index in [0.29, 0.717) is 42.7 Å². The number of carbonyl (C=O) groups excluding carboxylic acids is 4. The number of amides is 4. The van der Waals surface area contributed by atoms with Gasteiger partial charge in [-0.05, 0) is 81.5 Å². The molecule has 0 spiro atoms. The van der Waals surface area contributed by atoms with Gasteiger partial charge >= 0.3 is 6.09 Å². The fourth-order valence-corrected chi connectivity index (χ4v) is 8.78. The zero-order valence-corrected chi connectivity index (χ0v) is 32.7. The van der Waals surface area contributed by atoms with E-state index in [1.54, 1.807) is 60.9 Å². The summed E-state index contributed by atoms with van der Waals surface area (Å²) in [5.74, 6) is -1.66. The molecule has 290 valence electrons. The van der Waals surface area contributed by atoms with Crippen LogP contribution < -0.4 is 24.8 Å². The maximum atomic E-state index is 14.5. The van der Waals surface area contributed by atoms with Crippen LogP contribution in [0.5, 0.6) is 11.6 Å².